The fraction of sp³-hybridized carbons (Fsp3) is 0.643. The first-order valence-electron chi connectivity index (χ1n) is 20.8. The molecule has 11 nitrogen and oxygen atoms in total. The monoisotopic (exact) mass is 766 g/mol. The van der Waals surface area contributed by atoms with Gasteiger partial charge in [0.25, 0.3) is 0 Å². The lowest BCUT2D eigenvalue weighted by Crippen LogP contribution is -2.48. The van der Waals surface area contributed by atoms with Gasteiger partial charge in [-0.15, -0.1) is 0 Å². The zero-order chi connectivity index (χ0) is 41.7. The van der Waals surface area contributed by atoms with Crippen LogP contribution in [0.3, 0.4) is 0 Å². The summed E-state index contributed by atoms with van der Waals surface area (Å²) in [5.41, 5.74) is -1.58. The van der Waals surface area contributed by atoms with Crippen LogP contribution in [0.4, 0.5) is 0 Å². The molecule has 1 aromatic heterocycles. The topological polar surface area (TPSA) is 149 Å². The molecule has 0 radical (unpaired) electrons. The van der Waals surface area contributed by atoms with Crippen molar-refractivity contribution in [3.8, 4) is 11.6 Å². The molecule has 0 spiro atoms. The minimum absolute atomic E-state index is 0.000264. The van der Waals surface area contributed by atoms with Crippen LogP contribution in [-0.2, 0) is 29.2 Å². The van der Waals surface area contributed by atoms with E-state index in [-0.39, 0.29) is 78.1 Å². The summed E-state index contributed by atoms with van der Waals surface area (Å²) >= 11 is 0. The van der Waals surface area contributed by atoms with Crippen LogP contribution in [0.2, 0.25) is 0 Å². The van der Waals surface area contributed by atoms with Crippen molar-refractivity contribution in [3.05, 3.63) is 42.6 Å². The van der Waals surface area contributed by atoms with Gasteiger partial charge in [-0.25, -0.2) is 13.4 Å². The molecule has 4 aliphatic rings. The fourth-order valence-corrected chi connectivity index (χ4v) is 9.80. The number of ketones is 2. The van der Waals surface area contributed by atoms with Crippen molar-refractivity contribution < 1.29 is 41.2 Å². The molecule has 3 fully saturated rings. The molecule has 1 saturated heterocycles. The van der Waals surface area contributed by atoms with Gasteiger partial charge in [0.05, 0.1) is 40.1 Å². The summed E-state index contributed by atoms with van der Waals surface area (Å²) in [7, 11) is -6.69. The van der Waals surface area contributed by atoms with Gasteiger partial charge in [-0.05, 0) is 74.7 Å². The van der Waals surface area contributed by atoms with Crippen molar-refractivity contribution in [2.75, 3.05) is 13.6 Å². The number of aromatic nitrogens is 1. The van der Waals surface area contributed by atoms with E-state index < -0.39 is 51.2 Å². The minimum Gasteiger partial charge on any atom is -0.494 e. The highest BCUT2D eigenvalue weighted by Crippen LogP contribution is 2.57. The van der Waals surface area contributed by atoms with Gasteiger partial charge in [-0.2, -0.15) is 0 Å². The zero-order valence-electron chi connectivity index (χ0n) is 35.4. The Morgan fingerprint density at radius 2 is 1.83 bits per heavy atom. The van der Waals surface area contributed by atoms with Gasteiger partial charge in [0.2, 0.25) is 27.7 Å². The van der Waals surface area contributed by atoms with Gasteiger partial charge in [-0.1, -0.05) is 65.0 Å². The Bertz CT molecular complexity index is 2040. The summed E-state index contributed by atoms with van der Waals surface area (Å²) < 4.78 is 62.3. The second-order valence-corrected chi connectivity index (χ2v) is 20.2. The van der Waals surface area contributed by atoms with Gasteiger partial charge in [0.15, 0.2) is 5.78 Å². The van der Waals surface area contributed by atoms with Crippen molar-refractivity contribution >= 4 is 44.2 Å². The third-order valence-corrected chi connectivity index (χ3v) is 14.2. The average Bonchev–Trinajstić information content (AvgIpc) is 3.98. The number of rotatable bonds is 9. The van der Waals surface area contributed by atoms with Crippen molar-refractivity contribution in [2.24, 2.45) is 34.5 Å². The predicted octanol–water partition coefficient (Wildman–Crippen LogP) is 6.58. The second kappa shape index (κ2) is 15.0. The summed E-state index contributed by atoms with van der Waals surface area (Å²) in [5, 5.41) is 0.929. The standard InChI is InChI=1S/C42H57N3O8S/c1-26-12-8-9-13-28-21-42(28,39(49)44-54(50,51)41(6)16-17-41)23-35(47)34-20-30(53-37-32-15-11-10-14-31(32)36(52-7)24-43-37)25-45(34)38(48)33(27(2)18-26)19-29(46)22-40(3,4)5/h9-11,13-15,24,26-28,30,33-34H,8,12,16-23,25H2,1-7H3,(H,44,49)/b13-9-/t26-,27-,28-,30-,33+,34+,42-/m1/s1/i7D3. The first kappa shape index (κ1) is 35.9. The van der Waals surface area contributed by atoms with Crippen LogP contribution in [0.15, 0.2) is 42.6 Å². The summed E-state index contributed by atoms with van der Waals surface area (Å²) in [6.07, 6.45) is 7.99. The van der Waals surface area contributed by atoms with E-state index in [1.165, 1.54) is 11.1 Å². The van der Waals surface area contributed by atoms with E-state index in [0.717, 1.165) is 6.42 Å². The van der Waals surface area contributed by atoms with E-state index in [1.807, 2.05) is 39.8 Å². The number of nitrogens with one attached hydrogen (secondary N) is 1. The van der Waals surface area contributed by atoms with E-state index >= 15 is 0 Å². The molecule has 7 atom stereocenters. The molecule has 1 aromatic carbocycles. The maximum atomic E-state index is 14.9. The summed E-state index contributed by atoms with van der Waals surface area (Å²) in [4.78, 5) is 63.1. The number of amides is 2. The van der Waals surface area contributed by atoms with Crippen LogP contribution in [0, 0.1) is 34.5 Å². The van der Waals surface area contributed by atoms with Crippen molar-refractivity contribution in [1.29, 1.82) is 0 Å². The Labute approximate surface area is 324 Å². The number of nitrogens with zero attached hydrogens (tertiary/aromatic N) is 2. The highest BCUT2D eigenvalue weighted by atomic mass is 32.2. The maximum Gasteiger partial charge on any atom is 0.240 e. The molecule has 2 aliphatic heterocycles. The molecule has 0 unspecified atom stereocenters. The molecule has 54 heavy (non-hydrogen) atoms. The van der Waals surface area contributed by atoms with Crippen LogP contribution in [0.25, 0.3) is 10.8 Å². The van der Waals surface area contributed by atoms with E-state index in [4.69, 9.17) is 13.6 Å². The number of pyridine rings is 1. The molecule has 0 bridgehead atoms. The SMILES string of the molecule is [2H]C([2H])([2H])Oc1cnc(O[C@@H]2C[C@H]3C(=O)C[C@]4(C(=O)NS(=O)(=O)C5(C)CC5)C[C@H]4/C=C\CC[C@@H](C)C[C@@H](C)[C@H](CC(=O)CC(C)(C)C)C(=O)N3C2)c2ccccc12. The number of allylic oxidation sites excluding steroid dienone is 2. The Balaban J connectivity index is 1.35. The predicted molar refractivity (Wildman–Crippen MR) is 206 cm³/mol. The second-order valence-electron chi connectivity index (χ2n) is 18.0. The summed E-state index contributed by atoms with van der Waals surface area (Å²) in [6, 6.07) is 5.86. The Morgan fingerprint density at radius 1 is 1.11 bits per heavy atom. The van der Waals surface area contributed by atoms with Gasteiger partial charge in [-0.3, -0.25) is 23.9 Å². The van der Waals surface area contributed by atoms with Crippen LogP contribution in [0.5, 0.6) is 11.6 Å². The number of hydrogen-bond acceptors (Lipinski definition) is 9. The summed E-state index contributed by atoms with van der Waals surface area (Å²) in [5.74, 6) is -2.27. The zero-order valence-corrected chi connectivity index (χ0v) is 33.2. The van der Waals surface area contributed by atoms with Crippen LogP contribution in [0.1, 0.15) is 110 Å². The van der Waals surface area contributed by atoms with E-state index in [1.54, 1.807) is 31.2 Å². The quantitative estimate of drug-likeness (QED) is 0.280. The summed E-state index contributed by atoms with van der Waals surface area (Å²) in [6.45, 7) is 11.7. The fourth-order valence-electron chi connectivity index (χ4n) is 8.47. The van der Waals surface area contributed by atoms with Gasteiger partial charge < -0.3 is 14.4 Å². The number of ether oxygens (including phenoxy) is 2. The lowest BCUT2D eigenvalue weighted by molar-refractivity contribution is -0.145. The minimum atomic E-state index is -3.97. The van der Waals surface area contributed by atoms with Gasteiger partial charge in [0.1, 0.15) is 17.6 Å². The van der Waals surface area contributed by atoms with E-state index in [0.29, 0.717) is 49.3 Å². The van der Waals surface area contributed by atoms with E-state index in [2.05, 4.69) is 16.6 Å². The molecule has 2 aliphatic carbocycles. The number of Topliss-reactive ketones (excluding diaryl/α,β-unsaturated/α-hetero) is 2. The third kappa shape index (κ3) is 8.38. The van der Waals surface area contributed by atoms with Crippen LogP contribution < -0.4 is 14.2 Å². The third-order valence-electron chi connectivity index (χ3n) is 12.1. The first-order chi connectivity index (χ1) is 26.5. The lowest BCUT2D eigenvalue weighted by Gasteiger charge is -2.32. The van der Waals surface area contributed by atoms with Crippen LogP contribution in [-0.4, -0.2) is 72.2 Å². The molecule has 1 N–H and O–H groups in total. The van der Waals surface area contributed by atoms with Crippen molar-refractivity contribution in [1.82, 2.24) is 14.6 Å². The number of fused-ring (bicyclic) bond motifs is 3. The van der Waals surface area contributed by atoms with Gasteiger partial charge in [0, 0.05) is 42.4 Å². The Kier molecular flexibility index (Phi) is 9.99. The Hall–Kier alpha value is -3.80. The largest absolute Gasteiger partial charge is 0.494 e. The normalized spacial score (nSPS) is 31.7. The number of hydrogen-bond donors (Lipinski definition) is 1. The highest BCUT2D eigenvalue weighted by Gasteiger charge is 2.62. The van der Waals surface area contributed by atoms with Crippen molar-refractivity contribution in [3.63, 3.8) is 0 Å². The molecule has 294 valence electrons. The lowest BCUT2D eigenvalue weighted by atomic mass is 9.79. The number of carbonyl (C=O) groups excluding carboxylic acids is 4. The molecular formula is C42H57N3O8S. The number of methoxy groups -OCH3 is 1. The first-order valence-corrected chi connectivity index (χ1v) is 20.8. The molecule has 3 heterocycles. The molecule has 12 heteroatoms. The Morgan fingerprint density at radius 3 is 2.52 bits per heavy atom. The molecule has 2 saturated carbocycles. The molecular weight excluding hydrogens is 707 g/mol. The van der Waals surface area contributed by atoms with Crippen molar-refractivity contribution in [2.45, 2.75) is 123 Å². The maximum absolute atomic E-state index is 14.9. The number of benzene rings is 1. The number of sulfonamides is 1. The number of carbonyl (C=O) groups is 4. The van der Waals surface area contributed by atoms with Crippen LogP contribution >= 0.6 is 0 Å². The molecule has 2 amide bonds. The van der Waals surface area contributed by atoms with E-state index in [9.17, 15) is 27.6 Å². The highest BCUT2D eigenvalue weighted by molar-refractivity contribution is 7.91. The molecule has 6 rings (SSSR count). The van der Waals surface area contributed by atoms with Gasteiger partial charge >= 0.3 is 0 Å². The smallest absolute Gasteiger partial charge is 0.240 e. The molecule has 2 aromatic rings. The average molecular weight is 767 g/mol.